The molecule has 0 saturated carbocycles. The molecule has 1 aromatic heterocycles. The lowest BCUT2D eigenvalue weighted by Crippen LogP contribution is -2.44. The molecule has 1 aliphatic heterocycles. The monoisotopic (exact) mass is 388 g/mol. The number of ether oxygens (including phenoxy) is 1. The van der Waals surface area contributed by atoms with Crippen LogP contribution in [-0.2, 0) is 9.53 Å². The third-order valence-corrected chi connectivity index (χ3v) is 6.49. The average Bonchev–Trinajstić information content (AvgIpc) is 2.99. The molecule has 0 spiro atoms. The first-order valence-electron chi connectivity index (χ1n) is 7.52. The molecule has 7 nitrogen and oxygen atoms in total. The summed E-state index contributed by atoms with van der Waals surface area (Å²) in [5, 5.41) is 13.6. The highest BCUT2D eigenvalue weighted by atomic mass is 32.2. The van der Waals surface area contributed by atoms with Crippen molar-refractivity contribution in [2.45, 2.75) is 29.5 Å². The van der Waals surface area contributed by atoms with Crippen molar-refractivity contribution >= 4 is 46.9 Å². The molecule has 2 heterocycles. The summed E-state index contributed by atoms with van der Waals surface area (Å²) in [6.07, 6.45) is 0. The van der Waals surface area contributed by atoms with Crippen LogP contribution in [-0.4, -0.2) is 46.9 Å². The molecule has 2 N–H and O–H groups in total. The third kappa shape index (κ3) is 5.67. The molecule has 1 aliphatic rings. The quantitative estimate of drug-likeness (QED) is 0.522. The molecular formula is C14H20N4O3S3. The van der Waals surface area contributed by atoms with Crippen LogP contribution in [0, 0.1) is 5.92 Å². The zero-order valence-electron chi connectivity index (χ0n) is 13.7. The molecule has 2 amide bonds. The third-order valence-electron chi connectivity index (χ3n) is 2.84. The number of nitrogens with one attached hydrogen (secondary N) is 2. The Labute approximate surface area is 153 Å². The van der Waals surface area contributed by atoms with Crippen LogP contribution in [0.4, 0.5) is 4.79 Å². The maximum Gasteiger partial charge on any atom is 0.337 e. The highest BCUT2D eigenvalue weighted by Crippen LogP contribution is 2.31. The van der Waals surface area contributed by atoms with Gasteiger partial charge in [-0.1, -0.05) is 48.7 Å². The van der Waals surface area contributed by atoms with Gasteiger partial charge in [0.15, 0.2) is 8.68 Å². The van der Waals surface area contributed by atoms with Crippen LogP contribution in [0.1, 0.15) is 20.8 Å². The van der Waals surface area contributed by atoms with E-state index in [2.05, 4.69) is 34.7 Å². The van der Waals surface area contributed by atoms with E-state index in [-0.39, 0.29) is 12.6 Å². The first-order valence-corrected chi connectivity index (χ1v) is 10.3. The van der Waals surface area contributed by atoms with Crippen LogP contribution in [0.5, 0.6) is 0 Å². The number of rotatable bonds is 8. The van der Waals surface area contributed by atoms with Gasteiger partial charge >= 0.3 is 12.0 Å². The predicted molar refractivity (Wildman–Crippen MR) is 96.4 cm³/mol. The number of thioether (sulfide) groups is 2. The molecule has 0 atom stereocenters. The van der Waals surface area contributed by atoms with Crippen LogP contribution in [0.25, 0.3) is 0 Å². The van der Waals surface area contributed by atoms with E-state index < -0.39 is 5.97 Å². The van der Waals surface area contributed by atoms with Crippen LogP contribution in [0.15, 0.2) is 19.9 Å². The summed E-state index contributed by atoms with van der Waals surface area (Å²) in [5.74, 6) is 1.62. The molecule has 10 heteroatoms. The van der Waals surface area contributed by atoms with Gasteiger partial charge in [0.05, 0.1) is 18.7 Å². The zero-order chi connectivity index (χ0) is 17.5. The number of hydrogen-bond acceptors (Lipinski definition) is 8. The van der Waals surface area contributed by atoms with Crippen LogP contribution in [0.3, 0.4) is 0 Å². The highest BCUT2D eigenvalue weighted by Gasteiger charge is 2.24. The SMILES string of the molecule is CCOC(=O)C1=C(CSc2nnc(SCC(C)C)s2)NC(=O)NC1. The fourth-order valence-electron chi connectivity index (χ4n) is 1.75. The Hall–Kier alpha value is -1.26. The van der Waals surface area contributed by atoms with Crippen LogP contribution >= 0.6 is 34.9 Å². The van der Waals surface area contributed by atoms with Crippen molar-refractivity contribution in [2.24, 2.45) is 5.92 Å². The smallest absolute Gasteiger partial charge is 0.337 e. The fraction of sp³-hybridized carbons (Fsp3) is 0.571. The van der Waals surface area contributed by atoms with E-state index in [4.69, 9.17) is 4.74 Å². The number of esters is 1. The molecule has 0 radical (unpaired) electrons. The van der Waals surface area contributed by atoms with E-state index >= 15 is 0 Å². The lowest BCUT2D eigenvalue weighted by atomic mass is 10.2. The summed E-state index contributed by atoms with van der Waals surface area (Å²) in [4.78, 5) is 23.5. The number of hydrogen-bond donors (Lipinski definition) is 2. The Bertz CT molecular complexity index is 631. The molecule has 0 fully saturated rings. The van der Waals surface area contributed by atoms with Gasteiger partial charge in [-0.3, -0.25) is 0 Å². The number of urea groups is 1. The number of aromatic nitrogens is 2. The van der Waals surface area contributed by atoms with Crippen molar-refractivity contribution in [2.75, 3.05) is 24.7 Å². The second-order valence-electron chi connectivity index (χ2n) is 5.31. The van der Waals surface area contributed by atoms with Crippen molar-refractivity contribution in [3.8, 4) is 0 Å². The van der Waals surface area contributed by atoms with Gasteiger partial charge < -0.3 is 15.4 Å². The minimum absolute atomic E-state index is 0.173. The molecule has 132 valence electrons. The van der Waals surface area contributed by atoms with Crippen LogP contribution < -0.4 is 10.6 Å². The Morgan fingerprint density at radius 3 is 2.71 bits per heavy atom. The number of amides is 2. The average molecular weight is 389 g/mol. The van der Waals surface area contributed by atoms with Gasteiger partial charge in [-0.2, -0.15) is 0 Å². The molecule has 0 aromatic carbocycles. The van der Waals surface area contributed by atoms with Crippen molar-refractivity contribution < 1.29 is 14.3 Å². The Balaban J connectivity index is 1.99. The maximum atomic E-state index is 12.0. The first-order chi connectivity index (χ1) is 11.5. The number of carbonyl (C=O) groups is 2. The normalized spacial score (nSPS) is 14.6. The van der Waals surface area contributed by atoms with Gasteiger partial charge in [0.25, 0.3) is 0 Å². The fourth-order valence-corrected chi connectivity index (χ4v) is 4.74. The Morgan fingerprint density at radius 2 is 2.04 bits per heavy atom. The summed E-state index contributed by atoms with van der Waals surface area (Å²) in [6.45, 7) is 6.54. The van der Waals surface area contributed by atoms with Crippen molar-refractivity contribution in [1.82, 2.24) is 20.8 Å². The van der Waals surface area contributed by atoms with Gasteiger partial charge in [-0.15, -0.1) is 10.2 Å². The number of nitrogens with zero attached hydrogens (tertiary/aromatic N) is 2. The summed E-state index contributed by atoms with van der Waals surface area (Å²) in [7, 11) is 0. The van der Waals surface area contributed by atoms with Gasteiger partial charge in [-0.05, 0) is 12.8 Å². The number of carbonyl (C=O) groups excluding carboxylic acids is 2. The van der Waals surface area contributed by atoms with Gasteiger partial charge in [0.2, 0.25) is 0 Å². The topological polar surface area (TPSA) is 93.2 Å². The lowest BCUT2D eigenvalue weighted by molar-refractivity contribution is -0.138. The highest BCUT2D eigenvalue weighted by molar-refractivity contribution is 8.03. The van der Waals surface area contributed by atoms with Crippen LogP contribution in [0.2, 0.25) is 0 Å². The first kappa shape index (κ1) is 19.1. The van der Waals surface area contributed by atoms with E-state index in [0.29, 0.717) is 29.5 Å². The molecular weight excluding hydrogens is 368 g/mol. The second kappa shape index (κ2) is 9.28. The van der Waals surface area contributed by atoms with Crippen molar-refractivity contribution in [3.63, 3.8) is 0 Å². The maximum absolute atomic E-state index is 12.0. The van der Waals surface area contributed by atoms with Gasteiger partial charge in [0.1, 0.15) is 0 Å². The lowest BCUT2D eigenvalue weighted by Gasteiger charge is -2.20. The van der Waals surface area contributed by atoms with Crippen molar-refractivity contribution in [1.29, 1.82) is 0 Å². The second-order valence-corrected chi connectivity index (χ2v) is 8.78. The standard InChI is InChI=1S/C14H20N4O3S3/c1-4-21-11(19)9-5-15-12(20)16-10(9)7-23-14-18-17-13(24-14)22-6-8(2)3/h8H,4-7H2,1-3H3,(H2,15,16,20). The van der Waals surface area contributed by atoms with E-state index in [1.54, 1.807) is 18.7 Å². The predicted octanol–water partition coefficient (Wildman–Crippen LogP) is 2.51. The molecule has 0 unspecified atom stereocenters. The zero-order valence-corrected chi connectivity index (χ0v) is 16.2. The summed E-state index contributed by atoms with van der Waals surface area (Å²) in [6, 6.07) is -0.316. The van der Waals surface area contributed by atoms with Gasteiger partial charge in [0, 0.05) is 17.2 Å². The minimum atomic E-state index is -0.411. The molecule has 0 saturated heterocycles. The Kier molecular flexibility index (Phi) is 7.38. The summed E-state index contributed by atoms with van der Waals surface area (Å²) in [5.41, 5.74) is 1.01. The Morgan fingerprint density at radius 1 is 1.33 bits per heavy atom. The summed E-state index contributed by atoms with van der Waals surface area (Å²) < 4.78 is 6.77. The largest absolute Gasteiger partial charge is 0.463 e. The molecule has 2 rings (SSSR count). The molecule has 1 aromatic rings. The minimum Gasteiger partial charge on any atom is -0.463 e. The van der Waals surface area contributed by atoms with Crippen molar-refractivity contribution in [3.05, 3.63) is 11.3 Å². The molecule has 0 bridgehead atoms. The van der Waals surface area contributed by atoms with Gasteiger partial charge in [-0.25, -0.2) is 9.59 Å². The van der Waals surface area contributed by atoms with E-state index in [1.165, 1.54) is 23.1 Å². The molecule has 0 aliphatic carbocycles. The van der Waals surface area contributed by atoms with E-state index in [9.17, 15) is 9.59 Å². The molecule has 24 heavy (non-hydrogen) atoms. The summed E-state index contributed by atoms with van der Waals surface area (Å²) >= 11 is 4.66. The van der Waals surface area contributed by atoms with E-state index in [0.717, 1.165) is 14.4 Å². The van der Waals surface area contributed by atoms with E-state index in [1.807, 2.05) is 0 Å².